The Morgan fingerprint density at radius 1 is 1.12 bits per heavy atom. The maximum atomic E-state index is 12.7. The van der Waals surface area contributed by atoms with Crippen molar-refractivity contribution in [3.63, 3.8) is 0 Å². The normalized spacial score (nSPS) is 11.7. The Kier molecular flexibility index (Phi) is 4.04. The number of nitrogens with one attached hydrogen (secondary N) is 1. The predicted octanol–water partition coefficient (Wildman–Crippen LogP) is 5.18. The van der Waals surface area contributed by atoms with E-state index in [0.717, 1.165) is 33.5 Å². The Morgan fingerprint density at radius 2 is 1.83 bits per heavy atom. The Hall–Kier alpha value is -2.41. The average molecular weight is 350 g/mol. The number of rotatable bonds is 2. The summed E-state index contributed by atoms with van der Waals surface area (Å²) in [6, 6.07) is 8.20. The van der Waals surface area contributed by atoms with E-state index in [1.807, 2.05) is 26.0 Å². The minimum Gasteiger partial charge on any atom is -0.298 e. The molecule has 24 heavy (non-hydrogen) atoms. The fourth-order valence-electron chi connectivity index (χ4n) is 2.24. The van der Waals surface area contributed by atoms with Gasteiger partial charge in [0.25, 0.3) is 5.91 Å². The van der Waals surface area contributed by atoms with Gasteiger partial charge in [0.1, 0.15) is 0 Å². The molecule has 3 aromatic rings. The van der Waals surface area contributed by atoms with Crippen LogP contribution in [0.4, 0.5) is 18.3 Å². The van der Waals surface area contributed by atoms with E-state index in [9.17, 15) is 18.0 Å². The lowest BCUT2D eigenvalue weighted by Gasteiger charge is -2.08. The molecule has 0 unspecified atom stereocenters. The molecule has 124 valence electrons. The molecule has 1 N–H and O–H groups in total. The van der Waals surface area contributed by atoms with Crippen LogP contribution < -0.4 is 5.32 Å². The summed E-state index contributed by atoms with van der Waals surface area (Å²) >= 11 is 1.29. The van der Waals surface area contributed by atoms with Gasteiger partial charge in [0.15, 0.2) is 5.13 Å². The van der Waals surface area contributed by atoms with Crippen LogP contribution in [0.5, 0.6) is 0 Å². The van der Waals surface area contributed by atoms with Gasteiger partial charge in [0.05, 0.1) is 15.8 Å². The maximum Gasteiger partial charge on any atom is 0.416 e. The van der Waals surface area contributed by atoms with Crippen molar-refractivity contribution in [2.45, 2.75) is 20.0 Å². The van der Waals surface area contributed by atoms with Crippen molar-refractivity contribution in [1.82, 2.24) is 4.98 Å². The van der Waals surface area contributed by atoms with Gasteiger partial charge in [-0.1, -0.05) is 17.4 Å². The maximum absolute atomic E-state index is 12.7. The molecule has 0 aliphatic rings. The fourth-order valence-corrected chi connectivity index (χ4v) is 3.18. The van der Waals surface area contributed by atoms with E-state index in [0.29, 0.717) is 5.13 Å². The van der Waals surface area contributed by atoms with Gasteiger partial charge in [0, 0.05) is 5.56 Å². The number of hydrogen-bond acceptors (Lipinski definition) is 3. The van der Waals surface area contributed by atoms with Crippen LogP contribution in [-0.4, -0.2) is 10.9 Å². The van der Waals surface area contributed by atoms with Crippen LogP contribution in [0.3, 0.4) is 0 Å². The molecule has 0 fully saturated rings. The molecule has 0 bridgehead atoms. The number of alkyl halides is 3. The number of nitrogens with zero attached hydrogens (tertiary/aromatic N) is 1. The number of fused-ring (bicyclic) bond motifs is 1. The van der Waals surface area contributed by atoms with Crippen molar-refractivity contribution in [2.75, 3.05) is 5.32 Å². The number of carbonyl (C=O) groups is 1. The standard InChI is InChI=1S/C17H13F3N2OS/c1-9-6-13-14(7-10(9)2)24-16(21-13)22-15(23)11-4-3-5-12(8-11)17(18,19)20/h3-8H,1-2H3,(H,21,22,23). The lowest BCUT2D eigenvalue weighted by Crippen LogP contribution is -2.13. The summed E-state index contributed by atoms with van der Waals surface area (Å²) in [5.74, 6) is -0.617. The van der Waals surface area contributed by atoms with Crippen molar-refractivity contribution < 1.29 is 18.0 Å². The average Bonchev–Trinajstić information content (AvgIpc) is 2.88. The summed E-state index contributed by atoms with van der Waals surface area (Å²) < 4.78 is 39.1. The van der Waals surface area contributed by atoms with Gasteiger partial charge >= 0.3 is 6.18 Å². The first-order valence-electron chi connectivity index (χ1n) is 7.10. The third-order valence-corrected chi connectivity index (χ3v) is 4.61. The van der Waals surface area contributed by atoms with E-state index in [4.69, 9.17) is 0 Å². The quantitative estimate of drug-likeness (QED) is 0.691. The van der Waals surface area contributed by atoms with E-state index >= 15 is 0 Å². The molecule has 2 aromatic carbocycles. The first kappa shape index (κ1) is 16.4. The second-order valence-corrected chi connectivity index (χ2v) is 6.49. The van der Waals surface area contributed by atoms with Crippen LogP contribution >= 0.6 is 11.3 Å². The lowest BCUT2D eigenvalue weighted by atomic mass is 10.1. The molecule has 1 amide bonds. The van der Waals surface area contributed by atoms with Crippen molar-refractivity contribution in [3.05, 3.63) is 58.7 Å². The predicted molar refractivity (Wildman–Crippen MR) is 88.5 cm³/mol. The van der Waals surface area contributed by atoms with Crippen molar-refractivity contribution in [1.29, 1.82) is 0 Å². The number of aromatic nitrogens is 1. The van der Waals surface area contributed by atoms with Crippen molar-refractivity contribution >= 4 is 32.6 Å². The molecule has 1 heterocycles. The second kappa shape index (κ2) is 5.90. The summed E-state index contributed by atoms with van der Waals surface area (Å²) in [4.78, 5) is 16.5. The van der Waals surface area contributed by atoms with E-state index < -0.39 is 17.6 Å². The van der Waals surface area contributed by atoms with E-state index in [1.54, 1.807) is 0 Å². The second-order valence-electron chi connectivity index (χ2n) is 5.46. The highest BCUT2D eigenvalue weighted by Crippen LogP contribution is 2.31. The number of thiazole rings is 1. The number of benzene rings is 2. The molecule has 0 saturated heterocycles. The SMILES string of the molecule is Cc1cc2nc(NC(=O)c3cccc(C(F)(F)F)c3)sc2cc1C. The minimum atomic E-state index is -4.48. The molecular weight excluding hydrogens is 337 g/mol. The molecule has 3 rings (SSSR count). The third-order valence-electron chi connectivity index (χ3n) is 3.68. The van der Waals surface area contributed by atoms with Gasteiger partial charge in [-0.15, -0.1) is 0 Å². The number of halogens is 3. The van der Waals surface area contributed by atoms with Crippen molar-refractivity contribution in [2.24, 2.45) is 0 Å². The topological polar surface area (TPSA) is 42.0 Å². The van der Waals surface area contributed by atoms with Crippen LogP contribution in [0.2, 0.25) is 0 Å². The van der Waals surface area contributed by atoms with Crippen LogP contribution in [0.1, 0.15) is 27.0 Å². The van der Waals surface area contributed by atoms with Crippen LogP contribution in [-0.2, 0) is 6.18 Å². The van der Waals surface area contributed by atoms with Gasteiger partial charge in [-0.3, -0.25) is 10.1 Å². The summed E-state index contributed by atoms with van der Waals surface area (Å²) in [5.41, 5.74) is 2.04. The Morgan fingerprint density at radius 3 is 2.54 bits per heavy atom. The van der Waals surface area contributed by atoms with E-state index in [-0.39, 0.29) is 5.56 Å². The summed E-state index contributed by atoms with van der Waals surface area (Å²) in [7, 11) is 0. The molecule has 0 saturated carbocycles. The van der Waals surface area contributed by atoms with Gasteiger partial charge in [-0.25, -0.2) is 4.98 Å². The van der Waals surface area contributed by atoms with Crippen LogP contribution in [0.15, 0.2) is 36.4 Å². The molecule has 0 radical (unpaired) electrons. The highest BCUT2D eigenvalue weighted by atomic mass is 32.1. The Balaban J connectivity index is 1.87. The number of hydrogen-bond donors (Lipinski definition) is 1. The van der Waals surface area contributed by atoms with E-state index in [2.05, 4.69) is 10.3 Å². The van der Waals surface area contributed by atoms with E-state index in [1.165, 1.54) is 23.5 Å². The minimum absolute atomic E-state index is 0.0588. The number of carbonyl (C=O) groups excluding carboxylic acids is 1. The lowest BCUT2D eigenvalue weighted by molar-refractivity contribution is -0.137. The highest BCUT2D eigenvalue weighted by Gasteiger charge is 2.30. The molecule has 1 aromatic heterocycles. The van der Waals surface area contributed by atoms with Crippen molar-refractivity contribution in [3.8, 4) is 0 Å². The Bertz CT molecular complexity index is 892. The zero-order valence-electron chi connectivity index (χ0n) is 12.9. The van der Waals surface area contributed by atoms with Gasteiger partial charge in [0.2, 0.25) is 0 Å². The van der Waals surface area contributed by atoms with Gasteiger partial charge < -0.3 is 0 Å². The number of aryl methyl sites for hydroxylation is 2. The molecule has 7 heteroatoms. The zero-order chi connectivity index (χ0) is 17.5. The largest absolute Gasteiger partial charge is 0.416 e. The monoisotopic (exact) mass is 350 g/mol. The zero-order valence-corrected chi connectivity index (χ0v) is 13.7. The molecule has 0 atom stereocenters. The first-order chi connectivity index (χ1) is 11.2. The summed E-state index contributed by atoms with van der Waals surface area (Å²) in [5, 5.41) is 2.93. The molecule has 0 aliphatic heterocycles. The van der Waals surface area contributed by atoms with Crippen LogP contribution in [0, 0.1) is 13.8 Å². The number of anilines is 1. The molecule has 0 aliphatic carbocycles. The third kappa shape index (κ3) is 3.26. The van der Waals surface area contributed by atoms with Crippen LogP contribution in [0.25, 0.3) is 10.2 Å². The summed E-state index contributed by atoms with van der Waals surface area (Å²) in [6.07, 6.45) is -4.48. The molecular formula is C17H13F3N2OS. The highest BCUT2D eigenvalue weighted by molar-refractivity contribution is 7.22. The summed E-state index contributed by atoms with van der Waals surface area (Å²) in [6.45, 7) is 3.95. The van der Waals surface area contributed by atoms with Gasteiger partial charge in [-0.05, 0) is 55.3 Å². The fraction of sp³-hybridized carbons (Fsp3) is 0.176. The smallest absolute Gasteiger partial charge is 0.298 e. The number of amides is 1. The first-order valence-corrected chi connectivity index (χ1v) is 7.92. The molecule has 0 spiro atoms. The molecule has 3 nitrogen and oxygen atoms in total. The Labute approximate surface area is 140 Å². The van der Waals surface area contributed by atoms with Gasteiger partial charge in [-0.2, -0.15) is 13.2 Å².